The second-order valence-electron chi connectivity index (χ2n) is 6.06. The van der Waals surface area contributed by atoms with Gasteiger partial charge in [0.05, 0.1) is 13.1 Å². The Kier molecular flexibility index (Phi) is 11.0. The van der Waals surface area contributed by atoms with Crippen LogP contribution in [0.1, 0.15) is 28.4 Å². The lowest BCUT2D eigenvalue weighted by atomic mass is 10.1. The summed E-state index contributed by atoms with van der Waals surface area (Å²) < 4.78 is 5.72. The Hall–Kier alpha value is -2.29. The van der Waals surface area contributed by atoms with Crippen LogP contribution >= 0.6 is 24.0 Å². The monoisotopic (exact) mass is 496 g/mol. The number of nitrogens with one attached hydrogen (secondary N) is 3. The van der Waals surface area contributed by atoms with Crippen molar-refractivity contribution >= 4 is 35.8 Å². The number of hydrogen-bond acceptors (Lipinski definition) is 3. The zero-order valence-electron chi connectivity index (χ0n) is 16.6. The van der Waals surface area contributed by atoms with Crippen molar-refractivity contribution in [1.29, 1.82) is 0 Å². The fraction of sp³-hybridized carbons (Fsp3) is 0.333. The van der Waals surface area contributed by atoms with E-state index in [0.29, 0.717) is 25.3 Å². The zero-order valence-corrected chi connectivity index (χ0v) is 18.9. The van der Waals surface area contributed by atoms with Gasteiger partial charge >= 0.3 is 0 Å². The third-order valence-electron chi connectivity index (χ3n) is 3.89. The Bertz CT molecular complexity index is 746. The molecule has 0 saturated heterocycles. The lowest BCUT2D eigenvalue weighted by Gasteiger charge is -2.12. The number of carbonyl (C=O) groups excluding carboxylic acids is 1. The van der Waals surface area contributed by atoms with Crippen molar-refractivity contribution in [3.05, 3.63) is 65.2 Å². The third-order valence-corrected chi connectivity index (χ3v) is 3.89. The van der Waals surface area contributed by atoms with E-state index in [2.05, 4.69) is 27.9 Å². The Labute approximate surface area is 184 Å². The molecule has 0 bridgehead atoms. The van der Waals surface area contributed by atoms with E-state index < -0.39 is 0 Å². The molecule has 2 aromatic rings. The minimum atomic E-state index is -0.0892. The van der Waals surface area contributed by atoms with Gasteiger partial charge < -0.3 is 20.7 Å². The molecular formula is C21H29IN4O2. The molecule has 1 amide bonds. The fourth-order valence-corrected chi connectivity index (χ4v) is 2.39. The molecule has 7 heteroatoms. The van der Waals surface area contributed by atoms with Crippen LogP contribution in [-0.2, 0) is 6.54 Å². The number of carbonyl (C=O) groups is 1. The summed E-state index contributed by atoms with van der Waals surface area (Å²) in [4.78, 5) is 16.1. The maximum absolute atomic E-state index is 11.6. The van der Waals surface area contributed by atoms with Crippen molar-refractivity contribution in [3.8, 4) is 5.75 Å². The molecule has 0 aliphatic carbocycles. The molecule has 0 radical (unpaired) electrons. The lowest BCUT2D eigenvalue weighted by molar-refractivity contribution is 0.0963. The normalized spacial score (nSPS) is 10.6. The van der Waals surface area contributed by atoms with E-state index in [1.54, 1.807) is 19.2 Å². The first-order valence-electron chi connectivity index (χ1n) is 9.15. The minimum Gasteiger partial charge on any atom is -0.492 e. The van der Waals surface area contributed by atoms with Crippen LogP contribution in [0.25, 0.3) is 0 Å². The summed E-state index contributed by atoms with van der Waals surface area (Å²) in [5, 5.41) is 9.09. The highest BCUT2D eigenvalue weighted by molar-refractivity contribution is 14.0. The Morgan fingerprint density at radius 3 is 2.32 bits per heavy atom. The highest BCUT2D eigenvalue weighted by atomic mass is 127. The van der Waals surface area contributed by atoms with Crippen LogP contribution in [0.15, 0.2) is 53.5 Å². The van der Waals surface area contributed by atoms with Crippen molar-refractivity contribution in [2.75, 3.05) is 26.7 Å². The molecule has 0 aliphatic heterocycles. The van der Waals surface area contributed by atoms with E-state index in [1.165, 1.54) is 5.56 Å². The van der Waals surface area contributed by atoms with Crippen LogP contribution in [-0.4, -0.2) is 38.6 Å². The van der Waals surface area contributed by atoms with Crippen molar-refractivity contribution in [2.45, 2.75) is 20.4 Å². The van der Waals surface area contributed by atoms with Gasteiger partial charge in [-0.3, -0.25) is 4.79 Å². The number of ether oxygens (including phenoxy) is 1. The number of guanidine groups is 1. The van der Waals surface area contributed by atoms with Crippen LogP contribution in [0.2, 0.25) is 0 Å². The predicted molar refractivity (Wildman–Crippen MR) is 125 cm³/mol. The molecule has 3 N–H and O–H groups in total. The number of nitrogens with zero attached hydrogens (tertiary/aromatic N) is 1. The molecule has 0 spiro atoms. The molecule has 0 unspecified atom stereocenters. The fourth-order valence-electron chi connectivity index (χ4n) is 2.39. The molecule has 0 saturated carbocycles. The topological polar surface area (TPSA) is 74.8 Å². The van der Waals surface area contributed by atoms with E-state index in [9.17, 15) is 4.79 Å². The molecule has 0 heterocycles. The quantitative estimate of drug-likeness (QED) is 0.227. The maximum Gasteiger partial charge on any atom is 0.251 e. The summed E-state index contributed by atoms with van der Waals surface area (Å²) in [5.41, 5.74) is 2.89. The SMILES string of the molecule is CCNC(=NCc1ccc(C(=O)NC)cc1)NCCOc1ccc(C)cc1.I. The largest absolute Gasteiger partial charge is 0.492 e. The minimum absolute atomic E-state index is 0. The second-order valence-corrected chi connectivity index (χ2v) is 6.06. The van der Waals surface area contributed by atoms with Gasteiger partial charge in [0.2, 0.25) is 0 Å². The second kappa shape index (κ2) is 13.0. The van der Waals surface area contributed by atoms with Gasteiger partial charge in [0, 0.05) is 19.2 Å². The number of halogens is 1. The summed E-state index contributed by atoms with van der Waals surface area (Å²) in [6, 6.07) is 15.4. The van der Waals surface area contributed by atoms with E-state index in [1.807, 2.05) is 43.3 Å². The number of amides is 1. The van der Waals surface area contributed by atoms with Gasteiger partial charge in [0.15, 0.2) is 5.96 Å². The first-order chi connectivity index (χ1) is 13.1. The van der Waals surface area contributed by atoms with Crippen molar-refractivity contribution in [1.82, 2.24) is 16.0 Å². The van der Waals surface area contributed by atoms with Crippen molar-refractivity contribution < 1.29 is 9.53 Å². The summed E-state index contributed by atoms with van der Waals surface area (Å²) >= 11 is 0. The van der Waals surface area contributed by atoms with Gasteiger partial charge in [-0.25, -0.2) is 4.99 Å². The first kappa shape index (κ1) is 23.7. The van der Waals surface area contributed by atoms with Crippen LogP contribution in [0.5, 0.6) is 5.75 Å². The Morgan fingerprint density at radius 1 is 1.04 bits per heavy atom. The van der Waals surface area contributed by atoms with Crippen LogP contribution in [0.4, 0.5) is 0 Å². The van der Waals surface area contributed by atoms with Crippen LogP contribution < -0.4 is 20.7 Å². The summed E-state index contributed by atoms with van der Waals surface area (Å²) in [6.07, 6.45) is 0. The highest BCUT2D eigenvalue weighted by Crippen LogP contribution is 2.10. The summed E-state index contributed by atoms with van der Waals surface area (Å²) in [7, 11) is 1.62. The molecule has 0 atom stereocenters. The predicted octanol–water partition coefficient (Wildman–Crippen LogP) is 3.11. The molecule has 0 aliphatic rings. The van der Waals surface area contributed by atoms with Crippen LogP contribution in [0.3, 0.4) is 0 Å². The van der Waals surface area contributed by atoms with Crippen molar-refractivity contribution in [2.24, 2.45) is 4.99 Å². The molecule has 6 nitrogen and oxygen atoms in total. The molecule has 2 rings (SSSR count). The average molecular weight is 496 g/mol. The number of aliphatic imine (C=N–C) groups is 1. The van der Waals surface area contributed by atoms with E-state index in [-0.39, 0.29) is 29.9 Å². The summed E-state index contributed by atoms with van der Waals surface area (Å²) in [5.74, 6) is 1.51. The number of benzene rings is 2. The average Bonchev–Trinajstić information content (AvgIpc) is 2.70. The number of aryl methyl sites for hydroxylation is 1. The Balaban J connectivity index is 0.00000392. The van der Waals surface area contributed by atoms with Crippen molar-refractivity contribution in [3.63, 3.8) is 0 Å². The zero-order chi connectivity index (χ0) is 19.5. The van der Waals surface area contributed by atoms with Gasteiger partial charge in [-0.15, -0.1) is 24.0 Å². The number of hydrogen-bond donors (Lipinski definition) is 3. The standard InChI is InChI=1S/C21H28N4O2.HI/c1-4-23-21(24-13-14-27-19-11-5-16(2)6-12-19)25-15-17-7-9-18(10-8-17)20(26)22-3;/h5-12H,4,13-15H2,1-3H3,(H,22,26)(H2,23,24,25);1H. The van der Waals surface area contributed by atoms with E-state index in [4.69, 9.17) is 4.74 Å². The lowest BCUT2D eigenvalue weighted by Crippen LogP contribution is -2.39. The molecule has 2 aromatic carbocycles. The van der Waals surface area contributed by atoms with Gasteiger partial charge in [-0.05, 0) is 43.7 Å². The maximum atomic E-state index is 11.6. The third kappa shape index (κ3) is 8.16. The molecule has 0 aromatic heterocycles. The van der Waals surface area contributed by atoms with Gasteiger partial charge in [-0.2, -0.15) is 0 Å². The van der Waals surface area contributed by atoms with Gasteiger partial charge in [0.1, 0.15) is 12.4 Å². The smallest absolute Gasteiger partial charge is 0.251 e. The van der Waals surface area contributed by atoms with E-state index >= 15 is 0 Å². The first-order valence-corrected chi connectivity index (χ1v) is 9.15. The van der Waals surface area contributed by atoms with Gasteiger partial charge in [-0.1, -0.05) is 29.8 Å². The van der Waals surface area contributed by atoms with Crippen LogP contribution in [0, 0.1) is 6.92 Å². The summed E-state index contributed by atoms with van der Waals surface area (Å²) in [6.45, 7) is 6.58. The highest BCUT2D eigenvalue weighted by Gasteiger charge is 2.03. The van der Waals surface area contributed by atoms with Gasteiger partial charge in [0.25, 0.3) is 5.91 Å². The molecular weight excluding hydrogens is 467 g/mol. The Morgan fingerprint density at radius 2 is 1.71 bits per heavy atom. The molecule has 28 heavy (non-hydrogen) atoms. The molecule has 0 fully saturated rings. The number of rotatable bonds is 8. The molecule has 152 valence electrons. The van der Waals surface area contributed by atoms with E-state index in [0.717, 1.165) is 23.8 Å².